The molecule has 2 N–H and O–H groups in total. The summed E-state index contributed by atoms with van der Waals surface area (Å²) in [6, 6.07) is 0. The Balaban J connectivity index is 4.08. The monoisotopic (exact) mass is 178 g/mol. The molecule has 0 rings (SSSR count). The minimum atomic E-state index is -2.96. The van der Waals surface area contributed by atoms with E-state index >= 15 is 0 Å². The Bertz CT molecular complexity index is 146. The van der Waals surface area contributed by atoms with Crippen molar-refractivity contribution in [2.24, 2.45) is 0 Å². The number of rotatable bonds is 4. The maximum atomic E-state index is 10.3. The van der Waals surface area contributed by atoms with Gasteiger partial charge in [0.15, 0.2) is 0 Å². The summed E-state index contributed by atoms with van der Waals surface area (Å²) in [5, 5.41) is 9.28. The highest BCUT2D eigenvalue weighted by Crippen LogP contribution is 2.16. The first kappa shape index (κ1) is 10.6. The molecular formula is C6H14O4Si. The van der Waals surface area contributed by atoms with Gasteiger partial charge in [-0.2, -0.15) is 0 Å². The second-order valence-electron chi connectivity index (χ2n) is 2.90. The molecule has 0 aromatic rings. The zero-order valence-electron chi connectivity index (χ0n) is 7.00. The van der Waals surface area contributed by atoms with E-state index in [9.17, 15) is 9.57 Å². The summed E-state index contributed by atoms with van der Waals surface area (Å²) in [5.74, 6) is 0. The molecule has 0 aromatic heterocycles. The number of hydrogen-bond donors (Lipinski definition) is 2. The normalized spacial score (nSPS) is 14.2. The summed E-state index contributed by atoms with van der Waals surface area (Å²) < 4.78 is 14.9. The highest BCUT2D eigenvalue weighted by molar-refractivity contribution is 6.24. The molecule has 0 amide bonds. The van der Waals surface area contributed by atoms with E-state index in [2.05, 4.69) is 4.43 Å². The Hall–Kier alpha value is -0.423. The van der Waals surface area contributed by atoms with Crippen LogP contribution in [0.3, 0.4) is 0 Å². The molecule has 0 saturated carbocycles. The van der Waals surface area contributed by atoms with Gasteiger partial charge in [0.1, 0.15) is 5.60 Å². The molecule has 0 aromatic carbocycles. The van der Waals surface area contributed by atoms with E-state index in [0.717, 1.165) is 0 Å². The van der Waals surface area contributed by atoms with E-state index in [1.807, 2.05) is 0 Å². The first-order valence-corrected chi connectivity index (χ1v) is 4.76. The first-order valence-electron chi connectivity index (χ1n) is 3.50. The van der Waals surface area contributed by atoms with E-state index in [-0.39, 0.29) is 0 Å². The van der Waals surface area contributed by atoms with Gasteiger partial charge in [0.25, 0.3) is 0 Å². The molecule has 0 radical (unpaired) electrons. The average molecular weight is 178 g/mol. The van der Waals surface area contributed by atoms with Crippen LogP contribution in [0.15, 0.2) is 0 Å². The number of aliphatic hydroxyl groups is 1. The molecule has 0 bridgehead atoms. The van der Waals surface area contributed by atoms with Gasteiger partial charge >= 0.3 is 9.17 Å². The fourth-order valence-corrected chi connectivity index (χ4v) is 1.37. The molecule has 0 spiro atoms. The van der Waals surface area contributed by atoms with Crippen LogP contribution in [0.25, 0.3) is 0 Å². The quantitative estimate of drug-likeness (QED) is 0.593. The summed E-state index contributed by atoms with van der Waals surface area (Å²) in [6.45, 7) is 4.95. The lowest BCUT2D eigenvalue weighted by atomic mass is 10.0. The molecule has 1 unspecified atom stereocenters. The van der Waals surface area contributed by atoms with Gasteiger partial charge < -0.3 is 14.3 Å². The summed E-state index contributed by atoms with van der Waals surface area (Å²) in [7, 11) is -2.96. The smallest absolute Gasteiger partial charge is 0.511 e. The molecule has 4 nitrogen and oxygen atoms in total. The van der Waals surface area contributed by atoms with Crippen LogP contribution < -0.4 is 0 Å². The third-order valence-electron chi connectivity index (χ3n) is 1.54. The van der Waals surface area contributed by atoms with Crippen molar-refractivity contribution < 1.29 is 18.8 Å². The Kier molecular flexibility index (Phi) is 3.67. The van der Waals surface area contributed by atoms with Crippen LogP contribution >= 0.6 is 0 Å². The van der Waals surface area contributed by atoms with Gasteiger partial charge in [-0.1, -0.05) is 6.92 Å². The summed E-state index contributed by atoms with van der Waals surface area (Å²) in [4.78, 5) is 8.45. The third kappa shape index (κ3) is 3.48. The minimum Gasteiger partial charge on any atom is -0.511 e. The van der Waals surface area contributed by atoms with Crippen molar-refractivity contribution in [2.45, 2.75) is 38.9 Å². The van der Waals surface area contributed by atoms with Gasteiger partial charge in [0.05, 0.1) is 6.10 Å². The summed E-state index contributed by atoms with van der Waals surface area (Å²) >= 11 is 0. The fourth-order valence-electron chi connectivity index (χ4n) is 0.785. The van der Waals surface area contributed by atoms with Crippen LogP contribution in [0, 0.1) is 0 Å². The van der Waals surface area contributed by atoms with Crippen molar-refractivity contribution in [3.05, 3.63) is 0 Å². The Morgan fingerprint density at radius 3 is 2.36 bits per heavy atom. The molecule has 0 aliphatic heterocycles. The SMILES string of the molecule is CCC(O)C(C)(C)O[Si](=O)O. The maximum Gasteiger partial charge on any atom is 0.765 e. The van der Waals surface area contributed by atoms with Crippen LogP contribution in [0.4, 0.5) is 0 Å². The van der Waals surface area contributed by atoms with Crippen molar-refractivity contribution in [1.82, 2.24) is 0 Å². The first-order chi connectivity index (χ1) is 4.90. The average Bonchev–Trinajstić information content (AvgIpc) is 1.83. The molecule has 0 heterocycles. The van der Waals surface area contributed by atoms with Crippen LogP contribution in [0.1, 0.15) is 27.2 Å². The fraction of sp³-hybridized carbons (Fsp3) is 1.00. The molecule has 11 heavy (non-hydrogen) atoms. The molecule has 0 aliphatic rings. The predicted octanol–water partition coefficient (Wildman–Crippen LogP) is -0.0398. The number of aliphatic hydroxyl groups excluding tert-OH is 1. The van der Waals surface area contributed by atoms with Crippen LogP contribution in [-0.2, 0) is 8.89 Å². The van der Waals surface area contributed by atoms with Gasteiger partial charge in [0.2, 0.25) is 0 Å². The summed E-state index contributed by atoms with van der Waals surface area (Å²) in [6.07, 6.45) is -0.203. The van der Waals surface area contributed by atoms with Crippen molar-refractivity contribution in [3.8, 4) is 0 Å². The van der Waals surface area contributed by atoms with Gasteiger partial charge in [-0.15, -0.1) is 0 Å². The molecule has 0 fully saturated rings. The topological polar surface area (TPSA) is 66.8 Å². The highest BCUT2D eigenvalue weighted by atomic mass is 28.3. The summed E-state index contributed by atoms with van der Waals surface area (Å²) in [5.41, 5.74) is -0.931. The maximum absolute atomic E-state index is 10.3. The zero-order valence-corrected chi connectivity index (χ0v) is 8.00. The van der Waals surface area contributed by atoms with E-state index in [0.29, 0.717) is 6.42 Å². The predicted molar refractivity (Wildman–Crippen MR) is 40.1 cm³/mol. The molecule has 0 aliphatic carbocycles. The molecular weight excluding hydrogens is 164 g/mol. The highest BCUT2D eigenvalue weighted by Gasteiger charge is 2.31. The van der Waals surface area contributed by atoms with E-state index < -0.39 is 20.9 Å². The minimum absolute atomic E-state index is 0.502. The Labute approximate surface area is 67.7 Å². The van der Waals surface area contributed by atoms with Crippen molar-refractivity contribution >= 4 is 9.17 Å². The molecule has 66 valence electrons. The molecule has 0 saturated heterocycles. The zero-order chi connectivity index (χ0) is 9.07. The van der Waals surface area contributed by atoms with Crippen molar-refractivity contribution in [3.63, 3.8) is 0 Å². The van der Waals surface area contributed by atoms with Gasteiger partial charge in [-0.3, -0.25) is 4.46 Å². The molecule has 1 atom stereocenters. The second-order valence-corrected chi connectivity index (χ2v) is 3.63. The Morgan fingerprint density at radius 2 is 2.09 bits per heavy atom. The Morgan fingerprint density at radius 1 is 1.64 bits per heavy atom. The lowest BCUT2D eigenvalue weighted by molar-refractivity contribution is -0.0459. The van der Waals surface area contributed by atoms with Crippen molar-refractivity contribution in [2.75, 3.05) is 0 Å². The van der Waals surface area contributed by atoms with E-state index in [1.54, 1.807) is 20.8 Å². The van der Waals surface area contributed by atoms with Crippen molar-refractivity contribution in [1.29, 1.82) is 0 Å². The number of hydrogen-bond acceptors (Lipinski definition) is 3. The lowest BCUT2D eigenvalue weighted by Gasteiger charge is -2.28. The van der Waals surface area contributed by atoms with E-state index in [1.165, 1.54) is 0 Å². The van der Waals surface area contributed by atoms with Crippen LogP contribution in [0.5, 0.6) is 0 Å². The van der Waals surface area contributed by atoms with Gasteiger partial charge in [-0.05, 0) is 20.3 Å². The third-order valence-corrected chi connectivity index (χ3v) is 2.24. The lowest BCUT2D eigenvalue weighted by Crippen LogP contribution is -2.41. The van der Waals surface area contributed by atoms with Gasteiger partial charge in [-0.25, -0.2) is 0 Å². The van der Waals surface area contributed by atoms with Gasteiger partial charge in [0, 0.05) is 0 Å². The second kappa shape index (κ2) is 3.82. The largest absolute Gasteiger partial charge is 0.765 e. The van der Waals surface area contributed by atoms with Crippen LogP contribution in [-0.4, -0.2) is 30.8 Å². The standard InChI is InChI=1S/C6H14O4Si/c1-4-5(7)6(2,3)10-11(8)9/h5,7-8H,4H2,1-3H3. The van der Waals surface area contributed by atoms with Crippen LogP contribution in [0.2, 0.25) is 0 Å². The van der Waals surface area contributed by atoms with E-state index in [4.69, 9.17) is 4.80 Å². The molecule has 5 heteroatoms.